The lowest BCUT2D eigenvalue weighted by Gasteiger charge is -2.27. The van der Waals surface area contributed by atoms with E-state index in [0.29, 0.717) is 6.42 Å². The Labute approximate surface area is 127 Å². The summed E-state index contributed by atoms with van der Waals surface area (Å²) in [5.41, 5.74) is 3.04. The second kappa shape index (κ2) is 4.88. The first-order chi connectivity index (χ1) is 9.44. The van der Waals surface area contributed by atoms with Crippen LogP contribution >= 0.6 is 15.9 Å². The molecule has 0 saturated heterocycles. The summed E-state index contributed by atoms with van der Waals surface area (Å²) in [5.74, 6) is 1.08. The van der Waals surface area contributed by atoms with E-state index in [4.69, 9.17) is 4.42 Å². The highest BCUT2D eigenvalue weighted by molar-refractivity contribution is 9.10. The average molecular weight is 333 g/mol. The number of furan rings is 1. The number of halogens is 1. The number of ketones is 1. The monoisotopic (exact) mass is 332 g/mol. The average Bonchev–Trinajstić information content (AvgIpc) is 2.73. The summed E-state index contributed by atoms with van der Waals surface area (Å²) in [5, 5.41) is 0. The zero-order valence-corrected chi connectivity index (χ0v) is 13.3. The normalized spacial score (nSPS) is 17.1. The Morgan fingerprint density at radius 1 is 1.20 bits per heavy atom. The number of Topliss-reactive ketones (excluding diaryl/α,β-unsaturated/α-hetero) is 1. The predicted octanol–water partition coefficient (Wildman–Crippen LogP) is 4.79. The highest BCUT2D eigenvalue weighted by Crippen LogP contribution is 2.37. The summed E-state index contributed by atoms with van der Waals surface area (Å²) in [6, 6.07) is 8.18. The first-order valence-electron chi connectivity index (χ1n) is 6.81. The van der Waals surface area contributed by atoms with Crippen molar-refractivity contribution in [1.82, 2.24) is 0 Å². The molecular weight excluding hydrogens is 316 g/mol. The van der Waals surface area contributed by atoms with Gasteiger partial charge in [0.25, 0.3) is 0 Å². The third-order valence-corrected chi connectivity index (χ3v) is 4.34. The maximum absolute atomic E-state index is 12.4. The molecule has 104 valence electrons. The molecule has 0 aliphatic heterocycles. The molecule has 0 fully saturated rings. The van der Waals surface area contributed by atoms with E-state index in [9.17, 15) is 4.79 Å². The number of rotatable bonds is 2. The molecule has 0 unspecified atom stereocenters. The van der Waals surface area contributed by atoms with Crippen LogP contribution < -0.4 is 0 Å². The molecule has 0 amide bonds. The largest absolute Gasteiger partial charge is 0.468 e. The molecule has 0 radical (unpaired) electrons. The van der Waals surface area contributed by atoms with Gasteiger partial charge in [0.1, 0.15) is 5.76 Å². The number of carbonyl (C=O) groups is 1. The third kappa shape index (κ3) is 2.59. The summed E-state index contributed by atoms with van der Waals surface area (Å²) in [6.07, 6.45) is 3.95. The smallest absolute Gasteiger partial charge is 0.167 e. The minimum absolute atomic E-state index is 0.0107. The molecule has 0 atom stereocenters. The molecule has 1 heterocycles. The van der Waals surface area contributed by atoms with E-state index in [-0.39, 0.29) is 11.2 Å². The summed E-state index contributed by atoms with van der Waals surface area (Å²) in [4.78, 5) is 12.4. The summed E-state index contributed by atoms with van der Waals surface area (Å²) in [6.45, 7) is 4.23. The maximum atomic E-state index is 12.4. The second-order valence-electron chi connectivity index (χ2n) is 6.30. The zero-order valence-electron chi connectivity index (χ0n) is 11.7. The van der Waals surface area contributed by atoms with Crippen molar-refractivity contribution in [2.75, 3.05) is 0 Å². The van der Waals surface area contributed by atoms with Crippen LogP contribution in [0.2, 0.25) is 0 Å². The molecule has 0 bridgehead atoms. The van der Waals surface area contributed by atoms with Crippen LogP contribution in [0.5, 0.6) is 0 Å². The lowest BCUT2D eigenvalue weighted by Crippen LogP contribution is -2.26. The van der Waals surface area contributed by atoms with Gasteiger partial charge in [-0.1, -0.05) is 41.9 Å². The molecule has 1 aromatic carbocycles. The molecular formula is C17H17BrO2. The maximum Gasteiger partial charge on any atom is 0.167 e. The van der Waals surface area contributed by atoms with E-state index < -0.39 is 0 Å². The van der Waals surface area contributed by atoms with E-state index in [0.717, 1.165) is 34.2 Å². The van der Waals surface area contributed by atoms with Crippen molar-refractivity contribution in [1.29, 1.82) is 0 Å². The first-order valence-corrected chi connectivity index (χ1v) is 7.61. The highest BCUT2D eigenvalue weighted by atomic mass is 79.9. The summed E-state index contributed by atoms with van der Waals surface area (Å²) in [7, 11) is 0. The van der Waals surface area contributed by atoms with Crippen molar-refractivity contribution in [3.63, 3.8) is 0 Å². The van der Waals surface area contributed by atoms with Crippen molar-refractivity contribution in [3.05, 3.63) is 57.5 Å². The van der Waals surface area contributed by atoms with Crippen LogP contribution in [0.4, 0.5) is 0 Å². The van der Waals surface area contributed by atoms with E-state index in [2.05, 4.69) is 41.9 Å². The lowest BCUT2D eigenvalue weighted by molar-refractivity contribution is 0.0903. The van der Waals surface area contributed by atoms with E-state index in [1.54, 1.807) is 6.26 Å². The van der Waals surface area contributed by atoms with Gasteiger partial charge in [-0.15, -0.1) is 0 Å². The molecule has 3 heteroatoms. The van der Waals surface area contributed by atoms with Crippen molar-refractivity contribution in [2.45, 2.75) is 33.1 Å². The Morgan fingerprint density at radius 2 is 1.90 bits per heavy atom. The Bertz CT molecular complexity index is 650. The van der Waals surface area contributed by atoms with Gasteiger partial charge in [-0.2, -0.15) is 0 Å². The standard InChI is InChI=1S/C17H17BrO2/c1-17(2)8-14(19)16-12(10-20-15(16)9-17)7-11-3-5-13(18)6-4-11/h3-6,10H,7-9H2,1-2H3. The highest BCUT2D eigenvalue weighted by Gasteiger charge is 2.34. The molecule has 1 aliphatic rings. The molecule has 20 heavy (non-hydrogen) atoms. The molecule has 0 spiro atoms. The lowest BCUT2D eigenvalue weighted by atomic mass is 9.75. The van der Waals surface area contributed by atoms with Gasteiger partial charge in [0, 0.05) is 29.3 Å². The van der Waals surface area contributed by atoms with Gasteiger partial charge in [-0.3, -0.25) is 4.79 Å². The molecule has 2 nitrogen and oxygen atoms in total. The fourth-order valence-electron chi connectivity index (χ4n) is 2.88. The van der Waals surface area contributed by atoms with Crippen LogP contribution in [0.15, 0.2) is 39.4 Å². The van der Waals surface area contributed by atoms with Gasteiger partial charge in [0.2, 0.25) is 0 Å². The van der Waals surface area contributed by atoms with Gasteiger partial charge in [0.05, 0.1) is 11.8 Å². The Morgan fingerprint density at radius 3 is 2.60 bits per heavy atom. The molecule has 1 aromatic heterocycles. The SMILES string of the molecule is CC1(C)CC(=O)c2c(Cc3ccc(Br)cc3)coc2C1. The quantitative estimate of drug-likeness (QED) is 0.791. The molecule has 3 rings (SSSR count). The van der Waals surface area contributed by atoms with Crippen molar-refractivity contribution in [3.8, 4) is 0 Å². The van der Waals surface area contributed by atoms with Gasteiger partial charge in [-0.25, -0.2) is 0 Å². The van der Waals surface area contributed by atoms with Gasteiger partial charge >= 0.3 is 0 Å². The molecule has 0 N–H and O–H groups in total. The number of hydrogen-bond acceptors (Lipinski definition) is 2. The Balaban J connectivity index is 1.92. The summed E-state index contributed by atoms with van der Waals surface area (Å²) >= 11 is 3.43. The van der Waals surface area contributed by atoms with E-state index in [1.807, 2.05) is 12.1 Å². The van der Waals surface area contributed by atoms with E-state index >= 15 is 0 Å². The predicted molar refractivity (Wildman–Crippen MR) is 82.1 cm³/mol. The number of benzene rings is 1. The molecule has 2 aromatic rings. The number of carbonyl (C=O) groups excluding carboxylic acids is 1. The van der Waals surface area contributed by atoms with Crippen molar-refractivity contribution < 1.29 is 9.21 Å². The van der Waals surface area contributed by atoms with Gasteiger partial charge < -0.3 is 4.42 Å². The van der Waals surface area contributed by atoms with Gasteiger partial charge in [-0.05, 0) is 23.1 Å². The second-order valence-corrected chi connectivity index (χ2v) is 7.22. The zero-order chi connectivity index (χ0) is 14.3. The number of hydrogen-bond donors (Lipinski definition) is 0. The van der Waals surface area contributed by atoms with Crippen LogP contribution in [-0.4, -0.2) is 5.78 Å². The van der Waals surface area contributed by atoms with Crippen LogP contribution in [0.25, 0.3) is 0 Å². The fraction of sp³-hybridized carbons (Fsp3) is 0.353. The van der Waals surface area contributed by atoms with Gasteiger partial charge in [0.15, 0.2) is 5.78 Å². The third-order valence-electron chi connectivity index (χ3n) is 3.81. The minimum Gasteiger partial charge on any atom is -0.468 e. The van der Waals surface area contributed by atoms with E-state index in [1.165, 1.54) is 5.56 Å². The van der Waals surface area contributed by atoms with Crippen LogP contribution in [0.3, 0.4) is 0 Å². The first kappa shape index (κ1) is 13.6. The van der Waals surface area contributed by atoms with Crippen LogP contribution in [-0.2, 0) is 12.8 Å². The van der Waals surface area contributed by atoms with Crippen LogP contribution in [0, 0.1) is 5.41 Å². The van der Waals surface area contributed by atoms with Crippen LogP contribution in [0.1, 0.15) is 47.5 Å². The molecule has 0 saturated carbocycles. The Kier molecular flexibility index (Phi) is 3.33. The minimum atomic E-state index is 0.0107. The van der Waals surface area contributed by atoms with Crippen molar-refractivity contribution in [2.24, 2.45) is 5.41 Å². The fourth-order valence-corrected chi connectivity index (χ4v) is 3.14. The van der Waals surface area contributed by atoms with Crippen molar-refractivity contribution >= 4 is 21.7 Å². The number of fused-ring (bicyclic) bond motifs is 1. The molecule has 1 aliphatic carbocycles. The summed E-state index contributed by atoms with van der Waals surface area (Å²) < 4.78 is 6.72. The Hall–Kier alpha value is -1.35. The topological polar surface area (TPSA) is 30.2 Å².